The molecule has 0 aliphatic carbocycles. The quantitative estimate of drug-likeness (QED) is 0.721. The summed E-state index contributed by atoms with van der Waals surface area (Å²) in [5.41, 5.74) is 1.15. The number of rotatable bonds is 8. The van der Waals surface area contributed by atoms with Crippen molar-refractivity contribution in [2.45, 2.75) is 25.2 Å². The molecule has 0 spiro atoms. The molecule has 3 atom stereocenters. The zero-order valence-corrected chi connectivity index (χ0v) is 11.7. The van der Waals surface area contributed by atoms with Gasteiger partial charge in [0, 0.05) is 18.8 Å². The predicted molar refractivity (Wildman–Crippen MR) is 75.3 cm³/mol. The first-order chi connectivity index (χ1) is 9.70. The first kappa shape index (κ1) is 13.7. The van der Waals surface area contributed by atoms with Gasteiger partial charge in [0.1, 0.15) is 12.4 Å². The monoisotopic (exact) mass is 279 g/mol. The van der Waals surface area contributed by atoms with Crippen molar-refractivity contribution in [2.75, 3.05) is 37.8 Å². The van der Waals surface area contributed by atoms with Gasteiger partial charge >= 0.3 is 0 Å². The Hall–Kier alpha value is -1.30. The number of benzene rings is 1. The van der Waals surface area contributed by atoms with E-state index in [2.05, 4.69) is 4.90 Å². The van der Waals surface area contributed by atoms with Crippen LogP contribution in [0.2, 0.25) is 0 Å². The van der Waals surface area contributed by atoms with Crippen LogP contribution in [0.5, 0.6) is 5.75 Å². The van der Waals surface area contributed by atoms with Crippen LogP contribution in [-0.2, 0) is 9.47 Å². The summed E-state index contributed by atoms with van der Waals surface area (Å²) < 4.78 is 16.1. The number of epoxide rings is 2. The highest BCUT2D eigenvalue weighted by Crippen LogP contribution is 2.24. The van der Waals surface area contributed by atoms with Crippen molar-refractivity contribution >= 4 is 5.69 Å². The molecule has 1 aromatic rings. The van der Waals surface area contributed by atoms with E-state index in [1.807, 2.05) is 24.3 Å². The first-order valence-corrected chi connectivity index (χ1v) is 7.10. The Kier molecular flexibility index (Phi) is 4.10. The number of nitrogens with zero attached hydrogens (tertiary/aromatic N) is 1. The third kappa shape index (κ3) is 4.10. The van der Waals surface area contributed by atoms with Gasteiger partial charge in [0.15, 0.2) is 0 Å². The van der Waals surface area contributed by atoms with Gasteiger partial charge in [-0.25, -0.2) is 0 Å². The molecule has 0 radical (unpaired) electrons. The highest BCUT2D eigenvalue weighted by atomic mass is 16.6. The van der Waals surface area contributed by atoms with Gasteiger partial charge in [-0.1, -0.05) is 0 Å². The molecule has 0 bridgehead atoms. The topological polar surface area (TPSA) is 57.8 Å². The zero-order chi connectivity index (χ0) is 13.9. The summed E-state index contributed by atoms with van der Waals surface area (Å²) >= 11 is 0. The second-order valence-corrected chi connectivity index (χ2v) is 5.47. The van der Waals surface area contributed by atoms with E-state index >= 15 is 0 Å². The van der Waals surface area contributed by atoms with Gasteiger partial charge in [0.2, 0.25) is 0 Å². The third-order valence-corrected chi connectivity index (χ3v) is 3.35. The maximum Gasteiger partial charge on any atom is 0.119 e. The summed E-state index contributed by atoms with van der Waals surface area (Å²) in [6.07, 6.45) is 0.269. The highest BCUT2D eigenvalue weighted by Gasteiger charge is 2.30. The van der Waals surface area contributed by atoms with E-state index < -0.39 is 6.10 Å². The lowest BCUT2D eigenvalue weighted by Crippen LogP contribution is -2.31. The van der Waals surface area contributed by atoms with E-state index in [1.54, 1.807) is 6.92 Å². The largest absolute Gasteiger partial charge is 0.491 e. The Morgan fingerprint density at radius 2 is 1.75 bits per heavy atom. The molecule has 3 rings (SSSR count). The van der Waals surface area contributed by atoms with Gasteiger partial charge in [-0.15, -0.1) is 0 Å². The number of hydrogen-bond acceptors (Lipinski definition) is 5. The van der Waals surface area contributed by atoms with Gasteiger partial charge < -0.3 is 24.2 Å². The second kappa shape index (κ2) is 5.99. The summed E-state index contributed by atoms with van der Waals surface area (Å²) in [5.74, 6) is 0.778. The molecule has 1 aromatic carbocycles. The number of ether oxygens (including phenoxy) is 3. The Morgan fingerprint density at radius 3 is 2.20 bits per heavy atom. The Morgan fingerprint density at radius 1 is 1.20 bits per heavy atom. The molecular formula is C15H21NO4. The van der Waals surface area contributed by atoms with E-state index in [-0.39, 0.29) is 0 Å². The summed E-state index contributed by atoms with van der Waals surface area (Å²) in [5, 5.41) is 9.21. The molecule has 1 N–H and O–H groups in total. The molecular weight excluding hydrogens is 258 g/mol. The minimum absolute atomic E-state index is 0.314. The minimum Gasteiger partial charge on any atom is -0.491 e. The van der Waals surface area contributed by atoms with Crippen molar-refractivity contribution in [1.29, 1.82) is 0 Å². The third-order valence-electron chi connectivity index (χ3n) is 3.35. The number of aliphatic hydroxyl groups is 1. The van der Waals surface area contributed by atoms with E-state index in [0.717, 1.165) is 37.7 Å². The van der Waals surface area contributed by atoms with Crippen LogP contribution in [0.15, 0.2) is 24.3 Å². The summed E-state index contributed by atoms with van der Waals surface area (Å²) in [7, 11) is 0. The Balaban J connectivity index is 1.60. The average Bonchev–Trinajstić information content (AvgIpc) is 3.31. The lowest BCUT2D eigenvalue weighted by Gasteiger charge is -2.23. The van der Waals surface area contributed by atoms with Gasteiger partial charge in [-0.3, -0.25) is 0 Å². The van der Waals surface area contributed by atoms with Crippen LogP contribution in [-0.4, -0.2) is 56.3 Å². The van der Waals surface area contributed by atoms with E-state index in [4.69, 9.17) is 14.2 Å². The van der Waals surface area contributed by atoms with Crippen molar-refractivity contribution in [3.8, 4) is 5.75 Å². The molecule has 3 unspecified atom stereocenters. The number of hydrogen-bond donors (Lipinski definition) is 1. The van der Waals surface area contributed by atoms with Gasteiger partial charge in [0.05, 0.1) is 31.5 Å². The molecule has 2 heterocycles. The van der Waals surface area contributed by atoms with Crippen LogP contribution in [0.1, 0.15) is 6.92 Å². The molecule has 0 aromatic heterocycles. The van der Waals surface area contributed by atoms with Crippen molar-refractivity contribution in [2.24, 2.45) is 0 Å². The SMILES string of the molecule is CC(O)COc1ccc(N(CC2CO2)CC2CO2)cc1. The molecule has 5 nitrogen and oxygen atoms in total. The van der Waals surface area contributed by atoms with Crippen LogP contribution in [0.25, 0.3) is 0 Å². The summed E-state index contributed by atoms with van der Waals surface area (Å²) in [6, 6.07) is 7.96. The molecule has 20 heavy (non-hydrogen) atoms. The maximum absolute atomic E-state index is 9.21. The van der Waals surface area contributed by atoms with E-state index in [1.165, 1.54) is 0 Å². The first-order valence-electron chi connectivity index (χ1n) is 7.10. The molecule has 5 heteroatoms. The van der Waals surface area contributed by atoms with Crippen molar-refractivity contribution in [1.82, 2.24) is 0 Å². The van der Waals surface area contributed by atoms with Crippen molar-refractivity contribution < 1.29 is 19.3 Å². The van der Waals surface area contributed by atoms with Crippen LogP contribution in [0.4, 0.5) is 5.69 Å². The van der Waals surface area contributed by atoms with Crippen LogP contribution < -0.4 is 9.64 Å². The fraction of sp³-hybridized carbons (Fsp3) is 0.600. The Labute approximate surface area is 119 Å². The average molecular weight is 279 g/mol. The molecule has 0 saturated carbocycles. The summed E-state index contributed by atoms with van der Waals surface area (Å²) in [6.45, 7) is 5.56. The zero-order valence-electron chi connectivity index (χ0n) is 11.7. The molecule has 2 aliphatic heterocycles. The number of aliphatic hydroxyl groups excluding tert-OH is 1. The lowest BCUT2D eigenvalue weighted by molar-refractivity contribution is 0.123. The normalized spacial score (nSPS) is 25.1. The Bertz CT molecular complexity index is 412. The fourth-order valence-corrected chi connectivity index (χ4v) is 2.09. The fourth-order valence-electron chi connectivity index (χ4n) is 2.09. The van der Waals surface area contributed by atoms with E-state index in [0.29, 0.717) is 18.8 Å². The molecule has 0 amide bonds. The second-order valence-electron chi connectivity index (χ2n) is 5.47. The standard InChI is InChI=1S/C15H21NO4/c1-11(17)8-18-13-4-2-12(3-5-13)16(6-14-9-19-14)7-15-10-20-15/h2-5,11,14-15,17H,6-10H2,1H3. The van der Waals surface area contributed by atoms with Crippen molar-refractivity contribution in [3.05, 3.63) is 24.3 Å². The lowest BCUT2D eigenvalue weighted by atomic mass is 10.2. The van der Waals surface area contributed by atoms with Crippen LogP contribution in [0.3, 0.4) is 0 Å². The smallest absolute Gasteiger partial charge is 0.119 e. The maximum atomic E-state index is 9.21. The van der Waals surface area contributed by atoms with Gasteiger partial charge in [-0.05, 0) is 31.2 Å². The minimum atomic E-state index is -0.454. The molecule has 2 saturated heterocycles. The molecule has 2 aliphatic rings. The predicted octanol–water partition coefficient (Wildman–Crippen LogP) is 1.05. The van der Waals surface area contributed by atoms with Crippen LogP contribution >= 0.6 is 0 Å². The summed E-state index contributed by atoms with van der Waals surface area (Å²) in [4.78, 5) is 2.30. The number of anilines is 1. The van der Waals surface area contributed by atoms with Crippen molar-refractivity contribution in [3.63, 3.8) is 0 Å². The van der Waals surface area contributed by atoms with Crippen LogP contribution in [0, 0.1) is 0 Å². The molecule has 2 fully saturated rings. The highest BCUT2D eigenvalue weighted by molar-refractivity contribution is 5.49. The molecule has 110 valence electrons. The van der Waals surface area contributed by atoms with Gasteiger partial charge in [-0.2, -0.15) is 0 Å². The van der Waals surface area contributed by atoms with Gasteiger partial charge in [0.25, 0.3) is 0 Å². The van der Waals surface area contributed by atoms with E-state index in [9.17, 15) is 5.11 Å².